The van der Waals surface area contributed by atoms with Gasteiger partial charge in [0, 0.05) is 22.6 Å². The number of para-hydroxylation sites is 1. The Bertz CT molecular complexity index is 396. The molecule has 0 amide bonds. The molecule has 0 aliphatic heterocycles. The van der Waals surface area contributed by atoms with E-state index in [4.69, 9.17) is 4.42 Å². The van der Waals surface area contributed by atoms with Crippen molar-refractivity contribution in [2.75, 3.05) is 0 Å². The van der Waals surface area contributed by atoms with Crippen LogP contribution in [0.4, 0.5) is 0 Å². The second kappa shape index (κ2) is 2.37. The third kappa shape index (κ3) is 1.07. The highest BCUT2D eigenvalue weighted by Gasteiger charge is 2.05. The van der Waals surface area contributed by atoms with Crippen LogP contribution >= 0.6 is 22.6 Å². The van der Waals surface area contributed by atoms with Crippen LogP contribution in [0.5, 0.6) is 5.75 Å². The van der Waals surface area contributed by atoms with Gasteiger partial charge in [0.25, 0.3) is 3.90 Å². The molecule has 0 spiro atoms. The maximum absolute atomic E-state index is 9.26. The first-order chi connectivity index (χ1) is 5.27. The fourth-order valence-electron chi connectivity index (χ4n) is 0.907. The summed E-state index contributed by atoms with van der Waals surface area (Å²) < 4.78 is 5.71. The van der Waals surface area contributed by atoms with Gasteiger partial charge in [-0.15, -0.1) is 0 Å². The summed E-state index contributed by atoms with van der Waals surface area (Å²) in [6.07, 6.45) is 0. The lowest BCUT2D eigenvalue weighted by molar-refractivity contribution is 0.480. The molecule has 11 heavy (non-hydrogen) atoms. The Labute approximate surface area is 76.2 Å². The summed E-state index contributed by atoms with van der Waals surface area (Å²) in [4.78, 5) is 3.98. The molecule has 1 aromatic heterocycles. The summed E-state index contributed by atoms with van der Waals surface area (Å²) in [6, 6.07) is 5.07. The largest absolute Gasteiger partial charge is 0.506 e. The normalized spacial score (nSPS) is 10.6. The molecule has 4 heteroatoms. The van der Waals surface area contributed by atoms with Gasteiger partial charge in [-0.3, -0.25) is 0 Å². The first kappa shape index (κ1) is 6.90. The molecule has 0 atom stereocenters. The topological polar surface area (TPSA) is 46.3 Å². The van der Waals surface area contributed by atoms with Crippen molar-refractivity contribution in [2.24, 2.45) is 0 Å². The number of halogens is 1. The van der Waals surface area contributed by atoms with Gasteiger partial charge in [-0.2, -0.15) is 0 Å². The van der Waals surface area contributed by atoms with E-state index >= 15 is 0 Å². The molecule has 0 fully saturated rings. The number of fused-ring (bicyclic) bond motifs is 1. The predicted molar refractivity (Wildman–Crippen MR) is 48.4 cm³/mol. The molecule has 56 valence electrons. The molecule has 0 aliphatic rings. The van der Waals surface area contributed by atoms with Gasteiger partial charge in [-0.25, -0.2) is 4.98 Å². The molecule has 0 saturated carbocycles. The molecule has 1 N–H and O–H groups in total. The van der Waals surface area contributed by atoms with Gasteiger partial charge in [0.1, 0.15) is 5.75 Å². The molecule has 1 aromatic carbocycles. The highest BCUT2D eigenvalue weighted by atomic mass is 127. The van der Waals surface area contributed by atoms with Gasteiger partial charge < -0.3 is 9.52 Å². The lowest BCUT2D eigenvalue weighted by Crippen LogP contribution is -1.69. The van der Waals surface area contributed by atoms with Crippen molar-refractivity contribution in [3.05, 3.63) is 22.1 Å². The maximum Gasteiger partial charge on any atom is 0.258 e. The number of hydrogen-bond acceptors (Lipinski definition) is 3. The maximum atomic E-state index is 9.26. The summed E-state index contributed by atoms with van der Waals surface area (Å²) in [5, 5.41) is 9.26. The van der Waals surface area contributed by atoms with Gasteiger partial charge in [0.05, 0.1) is 0 Å². The smallest absolute Gasteiger partial charge is 0.258 e. The molecule has 2 rings (SSSR count). The fraction of sp³-hybridized carbons (Fsp3) is 0. The van der Waals surface area contributed by atoms with Gasteiger partial charge in [-0.05, 0) is 12.1 Å². The number of phenolic OH excluding ortho intramolecular Hbond substituents is 1. The van der Waals surface area contributed by atoms with E-state index in [1.54, 1.807) is 18.2 Å². The molecule has 0 radical (unpaired) electrons. The Morgan fingerprint density at radius 3 is 3.00 bits per heavy atom. The van der Waals surface area contributed by atoms with Crippen LogP contribution in [0.2, 0.25) is 0 Å². The predicted octanol–water partition coefficient (Wildman–Crippen LogP) is 2.14. The van der Waals surface area contributed by atoms with Crippen molar-refractivity contribution >= 4 is 33.7 Å². The van der Waals surface area contributed by atoms with Crippen LogP contribution in [0.3, 0.4) is 0 Å². The molecule has 0 unspecified atom stereocenters. The number of aromatic hydroxyl groups is 1. The van der Waals surface area contributed by atoms with Crippen LogP contribution in [0.15, 0.2) is 22.6 Å². The Hall–Kier alpha value is -0.780. The number of rotatable bonds is 0. The Kier molecular flexibility index (Phi) is 1.49. The molecule has 0 aliphatic carbocycles. The average Bonchev–Trinajstić information content (AvgIpc) is 2.31. The zero-order valence-corrected chi connectivity index (χ0v) is 7.57. The molecular weight excluding hydrogens is 257 g/mol. The highest BCUT2D eigenvalue weighted by Crippen LogP contribution is 2.24. The first-order valence-corrected chi connectivity index (χ1v) is 4.09. The fourth-order valence-corrected chi connectivity index (χ4v) is 1.39. The van der Waals surface area contributed by atoms with Gasteiger partial charge in [-0.1, -0.05) is 6.07 Å². The molecule has 3 nitrogen and oxygen atoms in total. The molecule has 0 bridgehead atoms. The van der Waals surface area contributed by atoms with Crippen LogP contribution in [0.25, 0.3) is 11.1 Å². The van der Waals surface area contributed by atoms with Gasteiger partial charge in [0.2, 0.25) is 0 Å². The summed E-state index contributed by atoms with van der Waals surface area (Å²) in [6.45, 7) is 0. The lowest BCUT2D eigenvalue weighted by Gasteiger charge is -1.87. The molecular formula is C7H4INO2. The second-order valence-electron chi connectivity index (χ2n) is 2.09. The number of nitrogens with zero attached hydrogens (tertiary/aromatic N) is 1. The number of benzene rings is 1. The minimum absolute atomic E-state index is 0.161. The lowest BCUT2D eigenvalue weighted by atomic mass is 10.3. The van der Waals surface area contributed by atoms with E-state index in [9.17, 15) is 5.11 Å². The van der Waals surface area contributed by atoms with Crippen molar-refractivity contribution in [2.45, 2.75) is 0 Å². The molecule has 0 saturated heterocycles. The van der Waals surface area contributed by atoms with Crippen LogP contribution < -0.4 is 0 Å². The van der Waals surface area contributed by atoms with E-state index < -0.39 is 0 Å². The quantitative estimate of drug-likeness (QED) is 0.739. The van der Waals surface area contributed by atoms with Crippen molar-refractivity contribution in [1.82, 2.24) is 4.98 Å². The highest BCUT2D eigenvalue weighted by molar-refractivity contribution is 14.1. The van der Waals surface area contributed by atoms with Crippen LogP contribution in [0, 0.1) is 3.90 Å². The van der Waals surface area contributed by atoms with Crippen LogP contribution in [0.1, 0.15) is 0 Å². The van der Waals surface area contributed by atoms with Gasteiger partial charge in [0.15, 0.2) is 11.1 Å². The standard InChI is InChI=1S/C7H4INO2/c8-7-9-6-4(10)2-1-3-5(6)11-7/h1-3,10H. The third-order valence-corrected chi connectivity index (χ3v) is 1.83. The number of aromatic nitrogens is 1. The zero-order valence-electron chi connectivity index (χ0n) is 5.41. The number of hydrogen-bond donors (Lipinski definition) is 1. The van der Waals surface area contributed by atoms with Crippen molar-refractivity contribution < 1.29 is 9.52 Å². The first-order valence-electron chi connectivity index (χ1n) is 3.01. The van der Waals surface area contributed by atoms with Gasteiger partial charge >= 0.3 is 0 Å². The van der Waals surface area contributed by atoms with E-state index in [1.807, 2.05) is 22.6 Å². The summed E-state index contributed by atoms with van der Waals surface area (Å²) in [5.41, 5.74) is 1.14. The number of phenols is 1. The van der Waals surface area contributed by atoms with Crippen molar-refractivity contribution in [3.63, 3.8) is 0 Å². The zero-order chi connectivity index (χ0) is 7.84. The Balaban J connectivity index is 2.90. The molecule has 1 heterocycles. The summed E-state index contributed by atoms with van der Waals surface area (Å²) in [7, 11) is 0. The third-order valence-electron chi connectivity index (χ3n) is 1.37. The second-order valence-corrected chi connectivity index (χ2v) is 3.01. The van der Waals surface area contributed by atoms with E-state index in [-0.39, 0.29) is 5.75 Å². The summed E-state index contributed by atoms with van der Waals surface area (Å²) in [5.74, 6) is 0.161. The van der Waals surface area contributed by atoms with E-state index in [0.29, 0.717) is 15.0 Å². The monoisotopic (exact) mass is 261 g/mol. The van der Waals surface area contributed by atoms with E-state index in [0.717, 1.165) is 0 Å². The van der Waals surface area contributed by atoms with Crippen molar-refractivity contribution in [1.29, 1.82) is 0 Å². The SMILES string of the molecule is Oc1cccc2oc(I)nc12. The van der Waals surface area contributed by atoms with Crippen LogP contribution in [-0.2, 0) is 0 Å². The Morgan fingerprint density at radius 1 is 1.45 bits per heavy atom. The van der Waals surface area contributed by atoms with E-state index in [1.165, 1.54) is 0 Å². The van der Waals surface area contributed by atoms with Crippen molar-refractivity contribution in [3.8, 4) is 5.75 Å². The minimum Gasteiger partial charge on any atom is -0.506 e. The van der Waals surface area contributed by atoms with Crippen LogP contribution in [-0.4, -0.2) is 10.1 Å². The minimum atomic E-state index is 0.161. The number of oxazole rings is 1. The average molecular weight is 261 g/mol. The Morgan fingerprint density at radius 2 is 2.27 bits per heavy atom. The molecule has 2 aromatic rings. The summed E-state index contributed by atoms with van der Waals surface area (Å²) >= 11 is 1.96. The van der Waals surface area contributed by atoms with E-state index in [2.05, 4.69) is 4.98 Å².